The van der Waals surface area contributed by atoms with Gasteiger partial charge < -0.3 is 19.1 Å². The summed E-state index contributed by atoms with van der Waals surface area (Å²) in [6.45, 7) is 0. The van der Waals surface area contributed by atoms with Crippen molar-refractivity contribution in [3.63, 3.8) is 0 Å². The van der Waals surface area contributed by atoms with Gasteiger partial charge in [-0.1, -0.05) is 24.3 Å². The molecule has 4 rings (SSSR count). The lowest BCUT2D eigenvalue weighted by Gasteiger charge is -2.31. The lowest BCUT2D eigenvalue weighted by Crippen LogP contribution is -2.19. The number of allylic oxidation sites excluding steroid dienone is 3. The number of anilines is 1. The number of rotatable bonds is 3. The summed E-state index contributed by atoms with van der Waals surface area (Å²) in [7, 11) is 7.13. The van der Waals surface area contributed by atoms with Crippen LogP contribution in [0.25, 0.3) is 16.3 Å². The SMILES string of the molecule is COc1cc2ccc3c(c2cc1OC)N(C)C=C1C=CC(OC)C=C13. The first-order chi connectivity index (χ1) is 12.2. The number of benzene rings is 2. The van der Waals surface area contributed by atoms with E-state index < -0.39 is 0 Å². The molecule has 2 aromatic rings. The molecule has 2 aromatic carbocycles. The summed E-state index contributed by atoms with van der Waals surface area (Å²) in [5, 5.41) is 2.26. The molecular formula is C21H21NO3. The van der Waals surface area contributed by atoms with Crippen molar-refractivity contribution >= 4 is 22.0 Å². The van der Waals surface area contributed by atoms with Gasteiger partial charge in [-0.2, -0.15) is 0 Å². The summed E-state index contributed by atoms with van der Waals surface area (Å²) in [6, 6.07) is 8.38. The second kappa shape index (κ2) is 5.97. The van der Waals surface area contributed by atoms with E-state index in [-0.39, 0.29) is 6.10 Å². The van der Waals surface area contributed by atoms with Gasteiger partial charge in [0.2, 0.25) is 0 Å². The second-order valence-electron chi connectivity index (χ2n) is 6.23. The molecule has 1 unspecified atom stereocenters. The molecule has 2 aliphatic rings. The van der Waals surface area contributed by atoms with Crippen molar-refractivity contribution in [2.45, 2.75) is 6.10 Å². The van der Waals surface area contributed by atoms with Gasteiger partial charge in [-0.15, -0.1) is 0 Å². The fourth-order valence-electron chi connectivity index (χ4n) is 3.61. The van der Waals surface area contributed by atoms with E-state index >= 15 is 0 Å². The lowest BCUT2D eigenvalue weighted by atomic mass is 9.87. The summed E-state index contributed by atoms with van der Waals surface area (Å²) >= 11 is 0. The van der Waals surface area contributed by atoms with E-state index in [9.17, 15) is 0 Å². The zero-order valence-corrected chi connectivity index (χ0v) is 14.9. The normalized spacial score (nSPS) is 18.4. The Morgan fingerprint density at radius 1 is 1.00 bits per heavy atom. The maximum atomic E-state index is 5.51. The molecule has 1 atom stereocenters. The Labute approximate surface area is 147 Å². The number of hydrogen-bond acceptors (Lipinski definition) is 4. The van der Waals surface area contributed by atoms with E-state index in [1.807, 2.05) is 6.07 Å². The van der Waals surface area contributed by atoms with Crippen molar-refractivity contribution in [2.24, 2.45) is 0 Å². The molecule has 0 N–H and O–H groups in total. The maximum Gasteiger partial charge on any atom is 0.161 e. The van der Waals surface area contributed by atoms with E-state index in [1.54, 1.807) is 21.3 Å². The van der Waals surface area contributed by atoms with Crippen LogP contribution in [0, 0.1) is 0 Å². The van der Waals surface area contributed by atoms with Crippen LogP contribution in [0.5, 0.6) is 11.5 Å². The van der Waals surface area contributed by atoms with Gasteiger partial charge in [0, 0.05) is 31.3 Å². The van der Waals surface area contributed by atoms with Gasteiger partial charge in [0.25, 0.3) is 0 Å². The van der Waals surface area contributed by atoms with Gasteiger partial charge in [-0.25, -0.2) is 0 Å². The number of nitrogens with zero attached hydrogens (tertiary/aromatic N) is 1. The Balaban J connectivity index is 1.98. The van der Waals surface area contributed by atoms with Gasteiger partial charge in [0.15, 0.2) is 11.5 Å². The molecule has 4 nitrogen and oxygen atoms in total. The number of hydrogen-bond donors (Lipinski definition) is 0. The highest BCUT2D eigenvalue weighted by Crippen LogP contribution is 2.45. The van der Waals surface area contributed by atoms with Crippen molar-refractivity contribution in [2.75, 3.05) is 33.3 Å². The van der Waals surface area contributed by atoms with Crippen molar-refractivity contribution < 1.29 is 14.2 Å². The molecule has 0 radical (unpaired) electrons. The summed E-state index contributed by atoms with van der Waals surface area (Å²) in [4.78, 5) is 2.17. The molecule has 0 amide bonds. The number of methoxy groups -OCH3 is 3. The van der Waals surface area contributed by atoms with Gasteiger partial charge in [0.05, 0.1) is 26.0 Å². The Morgan fingerprint density at radius 2 is 1.76 bits per heavy atom. The van der Waals surface area contributed by atoms with Crippen LogP contribution >= 0.6 is 0 Å². The zero-order valence-electron chi connectivity index (χ0n) is 14.9. The van der Waals surface area contributed by atoms with Crippen molar-refractivity contribution in [1.82, 2.24) is 0 Å². The van der Waals surface area contributed by atoms with Crippen LogP contribution in [0.3, 0.4) is 0 Å². The average Bonchev–Trinajstić information content (AvgIpc) is 2.66. The van der Waals surface area contributed by atoms with Gasteiger partial charge in [-0.3, -0.25) is 0 Å². The van der Waals surface area contributed by atoms with Crippen molar-refractivity contribution in [1.29, 1.82) is 0 Å². The third-order valence-electron chi connectivity index (χ3n) is 4.85. The van der Waals surface area contributed by atoms with E-state index in [2.05, 4.69) is 54.6 Å². The molecule has 25 heavy (non-hydrogen) atoms. The predicted octanol–water partition coefficient (Wildman–Crippen LogP) is 4.16. The van der Waals surface area contributed by atoms with Gasteiger partial charge in [-0.05, 0) is 34.7 Å². The molecule has 0 saturated carbocycles. The number of ether oxygens (including phenoxy) is 3. The molecule has 0 spiro atoms. The van der Waals surface area contributed by atoms with E-state index in [1.165, 1.54) is 22.4 Å². The van der Waals surface area contributed by atoms with Gasteiger partial charge >= 0.3 is 0 Å². The van der Waals surface area contributed by atoms with Gasteiger partial charge in [0.1, 0.15) is 0 Å². The molecule has 1 heterocycles. The fraction of sp³-hybridized carbons (Fsp3) is 0.238. The second-order valence-corrected chi connectivity index (χ2v) is 6.23. The van der Waals surface area contributed by atoms with Crippen LogP contribution in [-0.2, 0) is 4.74 Å². The largest absolute Gasteiger partial charge is 0.493 e. The first-order valence-corrected chi connectivity index (χ1v) is 8.23. The first-order valence-electron chi connectivity index (χ1n) is 8.23. The Hall–Kier alpha value is -2.72. The van der Waals surface area contributed by atoms with Crippen molar-refractivity contribution in [3.8, 4) is 11.5 Å². The van der Waals surface area contributed by atoms with Crippen LogP contribution in [-0.4, -0.2) is 34.5 Å². The van der Waals surface area contributed by atoms with Crippen LogP contribution in [0.4, 0.5) is 5.69 Å². The smallest absolute Gasteiger partial charge is 0.161 e. The number of fused-ring (bicyclic) bond motifs is 5. The molecular weight excluding hydrogens is 314 g/mol. The summed E-state index contributed by atoms with van der Waals surface area (Å²) < 4.78 is 16.4. The molecule has 0 fully saturated rings. The summed E-state index contributed by atoms with van der Waals surface area (Å²) in [6.07, 6.45) is 8.53. The molecule has 4 heteroatoms. The molecule has 0 aromatic heterocycles. The van der Waals surface area contributed by atoms with E-state index in [0.717, 1.165) is 22.3 Å². The third kappa shape index (κ3) is 2.41. The topological polar surface area (TPSA) is 30.9 Å². The highest BCUT2D eigenvalue weighted by Gasteiger charge is 2.24. The molecule has 128 valence electrons. The standard InChI is InChI=1S/C21H21NO3/c1-22-12-14-5-7-15(23-2)10-17(14)16-8-6-13-9-19(24-3)20(25-4)11-18(13)21(16)22/h5-12,15H,1-4H3. The Bertz CT molecular complexity index is 940. The first kappa shape index (κ1) is 15.8. The minimum Gasteiger partial charge on any atom is -0.493 e. The minimum atomic E-state index is 0.00417. The van der Waals surface area contributed by atoms with Crippen molar-refractivity contribution in [3.05, 3.63) is 59.8 Å². The van der Waals surface area contributed by atoms with Crippen LogP contribution in [0.2, 0.25) is 0 Å². The van der Waals surface area contributed by atoms with E-state index in [4.69, 9.17) is 14.2 Å². The Kier molecular flexibility index (Phi) is 3.77. The average molecular weight is 335 g/mol. The predicted molar refractivity (Wildman–Crippen MR) is 101 cm³/mol. The lowest BCUT2D eigenvalue weighted by molar-refractivity contribution is 0.177. The Morgan fingerprint density at radius 3 is 2.48 bits per heavy atom. The molecule has 1 aliphatic carbocycles. The molecule has 0 bridgehead atoms. The quantitative estimate of drug-likeness (QED) is 0.843. The zero-order chi connectivity index (χ0) is 17.6. The summed E-state index contributed by atoms with van der Waals surface area (Å²) in [5.41, 5.74) is 4.77. The summed E-state index contributed by atoms with van der Waals surface area (Å²) in [5.74, 6) is 1.47. The van der Waals surface area contributed by atoms with E-state index in [0.29, 0.717) is 0 Å². The molecule has 0 saturated heterocycles. The van der Waals surface area contributed by atoms with Crippen LogP contribution in [0.1, 0.15) is 5.56 Å². The fourth-order valence-corrected chi connectivity index (χ4v) is 3.61. The highest BCUT2D eigenvalue weighted by molar-refractivity contribution is 6.06. The maximum absolute atomic E-state index is 5.51. The van der Waals surface area contributed by atoms with Crippen LogP contribution < -0.4 is 14.4 Å². The third-order valence-corrected chi connectivity index (χ3v) is 4.85. The monoisotopic (exact) mass is 335 g/mol. The van der Waals surface area contributed by atoms with Crippen LogP contribution in [0.15, 0.2) is 54.3 Å². The molecule has 1 aliphatic heterocycles. The highest BCUT2D eigenvalue weighted by atomic mass is 16.5. The minimum absolute atomic E-state index is 0.00417.